The first-order valence-corrected chi connectivity index (χ1v) is 5.51. The van der Waals surface area contributed by atoms with Gasteiger partial charge in [-0.15, -0.1) is 0 Å². The normalized spacial score (nSPS) is 22.9. The molecule has 1 aromatic rings. The number of guanidine groups is 1. The largest absolute Gasteiger partial charge is 0.394 e. The number of nitrogens with zero attached hydrogens (tertiary/aromatic N) is 2. The lowest BCUT2D eigenvalue weighted by molar-refractivity contribution is 0.0584. The van der Waals surface area contributed by atoms with E-state index in [1.807, 2.05) is 0 Å². The molecular weight excluding hydrogens is 238 g/mol. The third-order valence-corrected chi connectivity index (χ3v) is 2.75. The Labute approximate surface area is 103 Å². The van der Waals surface area contributed by atoms with Crippen LogP contribution in [0.4, 0.5) is 0 Å². The Morgan fingerprint density at radius 2 is 2.44 bits per heavy atom. The molecule has 8 heteroatoms. The summed E-state index contributed by atoms with van der Waals surface area (Å²) in [6.07, 6.45) is 2.09. The third-order valence-electron chi connectivity index (χ3n) is 2.75. The summed E-state index contributed by atoms with van der Waals surface area (Å²) in [6, 6.07) is 0. The zero-order chi connectivity index (χ0) is 13.1. The molecule has 2 heterocycles. The van der Waals surface area contributed by atoms with Gasteiger partial charge in [-0.05, 0) is 6.42 Å². The summed E-state index contributed by atoms with van der Waals surface area (Å²) in [5, 5.41) is 8.97. The van der Waals surface area contributed by atoms with E-state index < -0.39 is 5.91 Å². The topological polar surface area (TPSA) is 140 Å². The molecule has 1 aliphatic rings. The monoisotopic (exact) mass is 253 g/mol. The molecule has 2 atom stereocenters. The lowest BCUT2D eigenvalue weighted by Gasteiger charge is -2.03. The van der Waals surface area contributed by atoms with Crippen molar-refractivity contribution in [3.05, 3.63) is 17.7 Å². The first kappa shape index (κ1) is 12.5. The molecule has 1 unspecified atom stereocenters. The van der Waals surface area contributed by atoms with Crippen molar-refractivity contribution in [2.24, 2.45) is 16.5 Å². The van der Waals surface area contributed by atoms with Crippen molar-refractivity contribution in [3.63, 3.8) is 0 Å². The number of aromatic amines is 1. The Kier molecular flexibility index (Phi) is 3.58. The van der Waals surface area contributed by atoms with Crippen molar-refractivity contribution in [1.82, 2.24) is 9.97 Å². The van der Waals surface area contributed by atoms with Gasteiger partial charge in [0.15, 0.2) is 11.8 Å². The molecule has 1 aliphatic heterocycles. The quantitative estimate of drug-likeness (QED) is 0.389. The number of aliphatic imine (C=N–C) groups is 1. The van der Waals surface area contributed by atoms with Gasteiger partial charge in [-0.1, -0.05) is 0 Å². The fourth-order valence-corrected chi connectivity index (χ4v) is 1.87. The Bertz CT molecular complexity index is 466. The van der Waals surface area contributed by atoms with Gasteiger partial charge >= 0.3 is 5.91 Å². The summed E-state index contributed by atoms with van der Waals surface area (Å²) in [4.78, 5) is 21.7. The van der Waals surface area contributed by atoms with Crippen LogP contribution in [0.2, 0.25) is 0 Å². The molecule has 18 heavy (non-hydrogen) atoms. The molecule has 0 bridgehead atoms. The third kappa shape index (κ3) is 2.66. The number of hydrogen-bond acceptors (Lipinski definition) is 4. The lowest BCUT2D eigenvalue weighted by atomic mass is 10.0. The second-order valence-corrected chi connectivity index (χ2v) is 4.10. The standard InChI is InChI=1S/C10H15N5O3/c11-10(12)15-9(17)8-13-2-7(14-8)5-1-6(3-16)18-4-5/h2,5-6,16H,1,3-4H2,(H,13,14)(H4,11,12,15,17)/t5?,6-/m0/s1. The van der Waals surface area contributed by atoms with Gasteiger partial charge in [0, 0.05) is 17.8 Å². The SMILES string of the molecule is NC(N)=NC(=O)c1ncc(C2CO[C@H](CO)C2)[nH]1. The predicted molar refractivity (Wildman–Crippen MR) is 62.9 cm³/mol. The number of carbonyl (C=O) groups is 1. The molecule has 1 saturated heterocycles. The highest BCUT2D eigenvalue weighted by Crippen LogP contribution is 2.27. The first-order chi connectivity index (χ1) is 8.60. The van der Waals surface area contributed by atoms with Crippen molar-refractivity contribution in [2.45, 2.75) is 18.4 Å². The maximum atomic E-state index is 11.5. The molecule has 1 amide bonds. The molecule has 2 rings (SSSR count). The maximum absolute atomic E-state index is 11.5. The number of nitrogens with two attached hydrogens (primary N) is 2. The molecule has 0 radical (unpaired) electrons. The van der Waals surface area contributed by atoms with E-state index >= 15 is 0 Å². The van der Waals surface area contributed by atoms with Crippen molar-refractivity contribution < 1.29 is 14.6 Å². The molecule has 0 aromatic carbocycles. The summed E-state index contributed by atoms with van der Waals surface area (Å²) < 4.78 is 5.35. The zero-order valence-corrected chi connectivity index (χ0v) is 9.67. The Morgan fingerprint density at radius 3 is 3.06 bits per heavy atom. The number of aromatic nitrogens is 2. The number of amides is 1. The Morgan fingerprint density at radius 1 is 1.67 bits per heavy atom. The second kappa shape index (κ2) is 5.15. The molecule has 0 aliphatic carbocycles. The molecule has 1 aromatic heterocycles. The van der Waals surface area contributed by atoms with Crippen molar-refractivity contribution in [1.29, 1.82) is 0 Å². The van der Waals surface area contributed by atoms with Crippen LogP contribution < -0.4 is 11.5 Å². The zero-order valence-electron chi connectivity index (χ0n) is 9.67. The summed E-state index contributed by atoms with van der Waals surface area (Å²) in [5.74, 6) is -0.734. The molecule has 0 saturated carbocycles. The van der Waals surface area contributed by atoms with Crippen molar-refractivity contribution in [2.75, 3.05) is 13.2 Å². The molecular formula is C10H15N5O3. The molecule has 0 spiro atoms. The number of aliphatic hydroxyl groups is 1. The summed E-state index contributed by atoms with van der Waals surface area (Å²) in [7, 11) is 0. The summed E-state index contributed by atoms with van der Waals surface area (Å²) in [5.41, 5.74) is 11.0. The van der Waals surface area contributed by atoms with E-state index in [-0.39, 0.29) is 30.4 Å². The number of nitrogens with one attached hydrogen (secondary N) is 1. The minimum Gasteiger partial charge on any atom is -0.394 e. The van der Waals surface area contributed by atoms with Crippen LogP contribution in [-0.4, -0.2) is 46.3 Å². The number of ether oxygens (including phenoxy) is 1. The first-order valence-electron chi connectivity index (χ1n) is 5.51. The van der Waals surface area contributed by atoms with Crippen LogP contribution in [0.3, 0.4) is 0 Å². The smallest absolute Gasteiger partial charge is 0.315 e. The van der Waals surface area contributed by atoms with E-state index in [2.05, 4.69) is 15.0 Å². The van der Waals surface area contributed by atoms with Crippen molar-refractivity contribution in [3.8, 4) is 0 Å². The van der Waals surface area contributed by atoms with Crippen LogP contribution >= 0.6 is 0 Å². The van der Waals surface area contributed by atoms with Gasteiger partial charge in [0.2, 0.25) is 0 Å². The van der Waals surface area contributed by atoms with Gasteiger partial charge in [0.25, 0.3) is 0 Å². The highest BCUT2D eigenvalue weighted by molar-refractivity contribution is 5.99. The Balaban J connectivity index is 2.07. The number of aliphatic hydroxyl groups excluding tert-OH is 1. The highest BCUT2D eigenvalue weighted by Gasteiger charge is 2.27. The number of carbonyl (C=O) groups excluding carboxylic acids is 1. The van der Waals surface area contributed by atoms with Crippen LogP contribution in [0, 0.1) is 0 Å². The average molecular weight is 253 g/mol. The number of hydrogen-bond donors (Lipinski definition) is 4. The van der Waals surface area contributed by atoms with Crippen LogP contribution in [0.25, 0.3) is 0 Å². The Hall–Kier alpha value is -1.93. The van der Waals surface area contributed by atoms with Crippen LogP contribution in [0.15, 0.2) is 11.2 Å². The van der Waals surface area contributed by atoms with Crippen molar-refractivity contribution >= 4 is 11.9 Å². The lowest BCUT2D eigenvalue weighted by Crippen LogP contribution is -2.24. The van der Waals surface area contributed by atoms with Crippen LogP contribution in [0.1, 0.15) is 28.7 Å². The van der Waals surface area contributed by atoms with Gasteiger partial charge in [-0.3, -0.25) is 4.79 Å². The fourth-order valence-electron chi connectivity index (χ4n) is 1.87. The number of H-pyrrole nitrogens is 1. The summed E-state index contributed by atoms with van der Waals surface area (Å²) >= 11 is 0. The van der Waals surface area contributed by atoms with Gasteiger partial charge in [0.05, 0.1) is 19.3 Å². The van der Waals surface area contributed by atoms with Gasteiger partial charge in [-0.2, -0.15) is 4.99 Å². The van der Waals surface area contributed by atoms with E-state index in [0.29, 0.717) is 13.0 Å². The van der Waals surface area contributed by atoms with Crippen LogP contribution in [-0.2, 0) is 4.74 Å². The summed E-state index contributed by atoms with van der Waals surface area (Å²) in [6.45, 7) is 0.480. The minimum absolute atomic E-state index is 0.00950. The van der Waals surface area contributed by atoms with E-state index in [0.717, 1.165) is 5.69 Å². The predicted octanol–water partition coefficient (Wildman–Crippen LogP) is -1.31. The van der Waals surface area contributed by atoms with E-state index in [1.165, 1.54) is 0 Å². The van der Waals surface area contributed by atoms with E-state index in [9.17, 15) is 4.79 Å². The van der Waals surface area contributed by atoms with E-state index in [1.54, 1.807) is 6.20 Å². The number of imidazole rings is 1. The molecule has 6 N–H and O–H groups in total. The average Bonchev–Trinajstić information content (AvgIpc) is 2.96. The second-order valence-electron chi connectivity index (χ2n) is 4.10. The van der Waals surface area contributed by atoms with Gasteiger partial charge < -0.3 is 26.3 Å². The maximum Gasteiger partial charge on any atom is 0.315 e. The van der Waals surface area contributed by atoms with Gasteiger partial charge in [0.1, 0.15) is 0 Å². The highest BCUT2D eigenvalue weighted by atomic mass is 16.5. The molecule has 8 nitrogen and oxygen atoms in total. The minimum atomic E-state index is -0.612. The molecule has 98 valence electrons. The van der Waals surface area contributed by atoms with Gasteiger partial charge in [-0.25, -0.2) is 4.98 Å². The number of rotatable bonds is 3. The molecule has 1 fully saturated rings. The fraction of sp³-hybridized carbons (Fsp3) is 0.500. The van der Waals surface area contributed by atoms with E-state index in [4.69, 9.17) is 21.3 Å². The van der Waals surface area contributed by atoms with Crippen LogP contribution in [0.5, 0.6) is 0 Å².